The quantitative estimate of drug-likeness (QED) is 0.628. The molecule has 6 nitrogen and oxygen atoms in total. The van der Waals surface area contributed by atoms with Gasteiger partial charge in [-0.3, -0.25) is 10.1 Å². The van der Waals surface area contributed by atoms with Gasteiger partial charge >= 0.3 is 5.97 Å². The summed E-state index contributed by atoms with van der Waals surface area (Å²) in [6, 6.07) is 8.59. The highest BCUT2D eigenvalue weighted by atomic mass is 35.5. The first-order valence-electron chi connectivity index (χ1n) is 6.08. The van der Waals surface area contributed by atoms with Crippen LogP contribution in [0.15, 0.2) is 36.4 Å². The van der Waals surface area contributed by atoms with Gasteiger partial charge in [-0.25, -0.2) is 4.79 Å². The number of carboxylic acids is 1. The third kappa shape index (κ3) is 3.47. The summed E-state index contributed by atoms with van der Waals surface area (Å²) in [6.07, 6.45) is 0. The predicted molar refractivity (Wildman–Crippen MR) is 83.8 cm³/mol. The number of halogens is 2. The summed E-state index contributed by atoms with van der Waals surface area (Å²) in [5.41, 5.74) is 0.366. The first kappa shape index (κ1) is 16.1. The second kappa shape index (κ2) is 6.64. The van der Waals surface area contributed by atoms with Gasteiger partial charge in [-0.15, -0.1) is 0 Å². The molecule has 0 aliphatic heterocycles. The van der Waals surface area contributed by atoms with Crippen LogP contribution < -0.4 is 5.32 Å². The third-order valence-corrected chi connectivity index (χ3v) is 3.67. The summed E-state index contributed by atoms with van der Waals surface area (Å²) in [4.78, 5) is 21.3. The first-order chi connectivity index (χ1) is 10.4. The molecule has 114 valence electrons. The Hall–Kier alpha value is -2.31. The zero-order chi connectivity index (χ0) is 16.3. The Balaban J connectivity index is 2.30. The number of anilines is 1. The van der Waals surface area contributed by atoms with E-state index in [0.717, 1.165) is 6.07 Å². The lowest BCUT2D eigenvalue weighted by Crippen LogP contribution is -2.07. The second-order valence-corrected chi connectivity index (χ2v) is 5.16. The fraction of sp³-hybridized carbons (Fsp3) is 0.0714. The maximum absolute atomic E-state index is 11.2. The number of nitrogens with one attached hydrogen (secondary N) is 1. The molecule has 0 saturated heterocycles. The van der Waals surface area contributed by atoms with Gasteiger partial charge in [-0.1, -0.05) is 29.3 Å². The number of hydrogen-bond donors (Lipinski definition) is 2. The van der Waals surface area contributed by atoms with Crippen LogP contribution in [-0.2, 0) is 6.54 Å². The Labute approximate surface area is 135 Å². The number of aromatic carboxylic acids is 1. The van der Waals surface area contributed by atoms with Crippen molar-refractivity contribution in [2.75, 3.05) is 5.32 Å². The van der Waals surface area contributed by atoms with Crippen LogP contribution >= 0.6 is 23.2 Å². The molecule has 2 N–H and O–H groups in total. The van der Waals surface area contributed by atoms with E-state index in [0.29, 0.717) is 15.6 Å². The summed E-state index contributed by atoms with van der Waals surface area (Å²) < 4.78 is 0. The smallest absolute Gasteiger partial charge is 0.338 e. The van der Waals surface area contributed by atoms with Crippen LogP contribution in [0.4, 0.5) is 11.4 Å². The molecule has 0 fully saturated rings. The molecule has 0 radical (unpaired) electrons. The molecule has 0 spiro atoms. The van der Waals surface area contributed by atoms with E-state index in [1.807, 2.05) is 0 Å². The van der Waals surface area contributed by atoms with E-state index in [2.05, 4.69) is 5.32 Å². The van der Waals surface area contributed by atoms with Gasteiger partial charge in [-0.2, -0.15) is 0 Å². The highest BCUT2D eigenvalue weighted by Gasteiger charge is 2.16. The van der Waals surface area contributed by atoms with Crippen molar-refractivity contribution in [2.45, 2.75) is 6.54 Å². The average Bonchev–Trinajstić information content (AvgIpc) is 2.46. The lowest BCUT2D eigenvalue weighted by Gasteiger charge is -2.11. The van der Waals surface area contributed by atoms with Crippen molar-refractivity contribution >= 4 is 40.5 Å². The predicted octanol–water partition coefficient (Wildman–Crippen LogP) is 4.21. The van der Waals surface area contributed by atoms with E-state index in [-0.39, 0.29) is 23.5 Å². The highest BCUT2D eigenvalue weighted by molar-refractivity contribution is 6.36. The molecule has 0 heterocycles. The molecule has 0 aliphatic carbocycles. The minimum atomic E-state index is -1.27. The van der Waals surface area contributed by atoms with E-state index in [4.69, 9.17) is 28.3 Å². The number of nitrogens with zero attached hydrogens (tertiary/aromatic N) is 1. The largest absolute Gasteiger partial charge is 0.478 e. The Morgan fingerprint density at radius 2 is 1.86 bits per heavy atom. The maximum Gasteiger partial charge on any atom is 0.338 e. The number of hydrogen-bond acceptors (Lipinski definition) is 4. The van der Waals surface area contributed by atoms with Gasteiger partial charge in [0, 0.05) is 40.0 Å². The van der Waals surface area contributed by atoms with Crippen LogP contribution in [0.2, 0.25) is 10.0 Å². The van der Waals surface area contributed by atoms with E-state index < -0.39 is 10.9 Å². The van der Waals surface area contributed by atoms with E-state index in [1.165, 1.54) is 12.1 Å². The lowest BCUT2D eigenvalue weighted by molar-refractivity contribution is -0.384. The molecule has 2 aromatic carbocycles. The fourth-order valence-electron chi connectivity index (χ4n) is 1.86. The number of carbonyl (C=O) groups is 1. The number of nitro groups is 1. The lowest BCUT2D eigenvalue weighted by atomic mass is 10.1. The van der Waals surface area contributed by atoms with Crippen molar-refractivity contribution in [2.24, 2.45) is 0 Å². The summed E-state index contributed by atoms with van der Waals surface area (Å²) >= 11 is 12.1. The van der Waals surface area contributed by atoms with Crippen LogP contribution in [-0.4, -0.2) is 16.0 Å². The second-order valence-electron chi connectivity index (χ2n) is 4.35. The third-order valence-electron chi connectivity index (χ3n) is 2.96. The molecule has 22 heavy (non-hydrogen) atoms. The van der Waals surface area contributed by atoms with Gasteiger partial charge < -0.3 is 10.4 Å². The number of rotatable bonds is 5. The minimum absolute atomic E-state index is 0.191. The summed E-state index contributed by atoms with van der Waals surface area (Å²) in [6.45, 7) is 0.191. The topological polar surface area (TPSA) is 92.5 Å². The van der Waals surface area contributed by atoms with Crippen molar-refractivity contribution in [1.29, 1.82) is 0 Å². The number of non-ortho nitro benzene ring substituents is 1. The van der Waals surface area contributed by atoms with Gasteiger partial charge in [0.1, 0.15) is 0 Å². The number of nitro benzene ring substituents is 1. The van der Waals surface area contributed by atoms with Crippen molar-refractivity contribution in [3.8, 4) is 0 Å². The van der Waals surface area contributed by atoms with E-state index in [1.54, 1.807) is 18.2 Å². The molecular formula is C14H10Cl2N2O4. The maximum atomic E-state index is 11.2. The van der Waals surface area contributed by atoms with Crippen molar-refractivity contribution in [3.63, 3.8) is 0 Å². The molecule has 0 aliphatic rings. The Kier molecular flexibility index (Phi) is 4.85. The number of benzene rings is 2. The van der Waals surface area contributed by atoms with Crippen LogP contribution in [0.1, 0.15) is 15.9 Å². The molecule has 0 atom stereocenters. The summed E-state index contributed by atoms with van der Waals surface area (Å²) in [5.74, 6) is -1.27. The summed E-state index contributed by atoms with van der Waals surface area (Å²) in [5, 5.41) is 23.6. The van der Waals surface area contributed by atoms with Crippen LogP contribution in [0, 0.1) is 10.1 Å². The standard InChI is InChI=1S/C14H10Cl2N2O4/c15-11-2-1-3-12(16)10(11)7-17-13-5-4-8(18(21)22)6-9(13)14(19)20/h1-6,17H,7H2,(H,19,20). The molecule has 2 aromatic rings. The van der Waals surface area contributed by atoms with Gasteiger partial charge in [0.2, 0.25) is 0 Å². The number of carboxylic acid groups (broad SMARTS) is 1. The molecule has 8 heteroatoms. The molecule has 0 saturated carbocycles. The van der Waals surface area contributed by atoms with E-state index in [9.17, 15) is 14.9 Å². The van der Waals surface area contributed by atoms with Gasteiger partial charge in [0.25, 0.3) is 5.69 Å². The van der Waals surface area contributed by atoms with Crippen LogP contribution in [0.3, 0.4) is 0 Å². The molecule has 0 unspecified atom stereocenters. The van der Waals surface area contributed by atoms with Crippen molar-refractivity contribution in [3.05, 3.63) is 67.7 Å². The molecule has 0 bridgehead atoms. The fourth-order valence-corrected chi connectivity index (χ4v) is 2.39. The van der Waals surface area contributed by atoms with E-state index >= 15 is 0 Å². The molecule has 0 aromatic heterocycles. The van der Waals surface area contributed by atoms with Crippen molar-refractivity contribution in [1.82, 2.24) is 0 Å². The zero-order valence-electron chi connectivity index (χ0n) is 11.0. The SMILES string of the molecule is O=C(O)c1cc([N+](=O)[O-])ccc1NCc1c(Cl)cccc1Cl. The first-order valence-corrected chi connectivity index (χ1v) is 6.84. The highest BCUT2D eigenvalue weighted by Crippen LogP contribution is 2.27. The molecular weight excluding hydrogens is 331 g/mol. The van der Waals surface area contributed by atoms with Crippen LogP contribution in [0.5, 0.6) is 0 Å². The zero-order valence-corrected chi connectivity index (χ0v) is 12.6. The van der Waals surface area contributed by atoms with Gasteiger partial charge in [0.15, 0.2) is 0 Å². The average molecular weight is 341 g/mol. The van der Waals surface area contributed by atoms with Gasteiger partial charge in [-0.05, 0) is 18.2 Å². The van der Waals surface area contributed by atoms with Crippen molar-refractivity contribution < 1.29 is 14.8 Å². The van der Waals surface area contributed by atoms with Crippen LogP contribution in [0.25, 0.3) is 0 Å². The minimum Gasteiger partial charge on any atom is -0.478 e. The Morgan fingerprint density at radius 3 is 2.41 bits per heavy atom. The molecule has 2 rings (SSSR count). The monoisotopic (exact) mass is 340 g/mol. The normalized spacial score (nSPS) is 10.3. The van der Waals surface area contributed by atoms with Gasteiger partial charge in [0.05, 0.1) is 10.5 Å². The Bertz CT molecular complexity index is 729. The Morgan fingerprint density at radius 1 is 1.23 bits per heavy atom. The molecule has 0 amide bonds. The summed E-state index contributed by atoms with van der Waals surface area (Å²) in [7, 11) is 0.